The van der Waals surface area contributed by atoms with Gasteiger partial charge in [0, 0.05) is 35.9 Å². The normalized spacial score (nSPS) is 11.7. The summed E-state index contributed by atoms with van der Waals surface area (Å²) in [6.07, 6.45) is 8.55. The largest absolute Gasteiger partial charge is 0.306 e. The molecule has 0 saturated carbocycles. The first-order valence-corrected chi connectivity index (χ1v) is 29.4. The van der Waals surface area contributed by atoms with Crippen LogP contribution in [-0.4, -0.2) is 18.8 Å². The number of rotatable bonds is 9. The Morgan fingerprint density at radius 3 is 1.02 bits per heavy atom. The lowest BCUT2D eigenvalue weighted by molar-refractivity contribution is 1.19. The van der Waals surface area contributed by atoms with Gasteiger partial charge in [-0.05, 0) is 174 Å². The van der Waals surface area contributed by atoms with Crippen molar-refractivity contribution in [2.24, 2.45) is 0 Å². The van der Waals surface area contributed by atoms with Crippen molar-refractivity contribution in [3.63, 3.8) is 0 Å². The molecule has 0 atom stereocenters. The van der Waals surface area contributed by atoms with Crippen molar-refractivity contribution in [2.75, 3.05) is 0 Å². The Hall–Kier alpha value is -11.5. The third-order valence-electron chi connectivity index (χ3n) is 17.6. The summed E-state index contributed by atoms with van der Waals surface area (Å²) >= 11 is 0. The van der Waals surface area contributed by atoms with Gasteiger partial charge in [0.25, 0.3) is 0 Å². The Morgan fingerprint density at radius 2 is 0.547 bits per heavy atom. The molecule has 0 amide bonds. The molecule has 13 aromatic carbocycles. The van der Waals surface area contributed by atoms with Gasteiger partial charge in [-0.2, -0.15) is 0 Å². The summed E-state index contributed by atoms with van der Waals surface area (Å²) in [5, 5.41) is 12.2. The number of hydrogen-bond acceptors (Lipinski definition) is 2. The molecule has 0 radical (unpaired) electrons. The zero-order valence-electron chi connectivity index (χ0n) is 46.8. The SMILES string of the molecule is c1ccc(-c2cc(-c3ccccc3)cc(-c3c4ccccc4c(-c4ccc(-c5cn6cc(-c7ccc(-c8c9ccccc9c(-c9ccc(-c%10cn%11ccccc%11n%10)cc9)c9ccccc89)c8ccccc78)ccc6n5)cc4)c4ccccc34)c2)cc1. The first kappa shape index (κ1) is 49.2. The molecule has 400 valence electrons. The van der Waals surface area contributed by atoms with Crippen LogP contribution < -0.4 is 0 Å². The van der Waals surface area contributed by atoms with Gasteiger partial charge in [-0.25, -0.2) is 9.97 Å². The molecule has 0 spiro atoms. The number of imidazole rings is 2. The molecule has 0 aliphatic rings. The van der Waals surface area contributed by atoms with Crippen molar-refractivity contribution in [2.45, 2.75) is 0 Å². The van der Waals surface area contributed by atoms with E-state index < -0.39 is 0 Å². The van der Waals surface area contributed by atoms with Gasteiger partial charge in [-0.15, -0.1) is 0 Å². The van der Waals surface area contributed by atoms with E-state index in [2.05, 4.69) is 300 Å². The predicted octanol–water partition coefficient (Wildman–Crippen LogP) is 21.8. The van der Waals surface area contributed by atoms with Crippen LogP contribution in [0.25, 0.3) is 166 Å². The van der Waals surface area contributed by atoms with Crippen molar-refractivity contribution < 1.29 is 0 Å². The highest BCUT2D eigenvalue weighted by Crippen LogP contribution is 2.49. The molecule has 4 heteroatoms. The van der Waals surface area contributed by atoms with Gasteiger partial charge in [-0.3, -0.25) is 0 Å². The lowest BCUT2D eigenvalue weighted by Gasteiger charge is -2.19. The molecule has 0 aliphatic carbocycles. The number of hydrogen-bond donors (Lipinski definition) is 0. The zero-order chi connectivity index (χ0) is 56.7. The van der Waals surface area contributed by atoms with Crippen LogP contribution in [-0.2, 0) is 0 Å². The average molecular weight is 1090 g/mol. The lowest BCUT2D eigenvalue weighted by atomic mass is 9.84. The summed E-state index contributed by atoms with van der Waals surface area (Å²) in [6.45, 7) is 0. The van der Waals surface area contributed by atoms with Gasteiger partial charge >= 0.3 is 0 Å². The second-order valence-electron chi connectivity index (χ2n) is 22.5. The van der Waals surface area contributed by atoms with Crippen LogP contribution >= 0.6 is 0 Å². The first-order chi connectivity index (χ1) is 42.6. The maximum Gasteiger partial charge on any atom is 0.137 e. The predicted molar refractivity (Wildman–Crippen MR) is 360 cm³/mol. The zero-order valence-corrected chi connectivity index (χ0v) is 46.8. The Labute approximate surface area is 497 Å². The van der Waals surface area contributed by atoms with E-state index in [1.54, 1.807) is 0 Å². The smallest absolute Gasteiger partial charge is 0.137 e. The number of aromatic nitrogens is 4. The maximum absolute atomic E-state index is 5.21. The fourth-order valence-corrected chi connectivity index (χ4v) is 13.6. The molecule has 4 heterocycles. The van der Waals surface area contributed by atoms with Crippen molar-refractivity contribution in [1.82, 2.24) is 18.8 Å². The second kappa shape index (κ2) is 20.2. The van der Waals surface area contributed by atoms with Crippen LogP contribution in [0.15, 0.2) is 316 Å². The third kappa shape index (κ3) is 8.22. The molecule has 0 saturated heterocycles. The molecule has 0 bridgehead atoms. The van der Waals surface area contributed by atoms with Crippen LogP contribution in [0.2, 0.25) is 0 Å². The molecular formula is C82H52N4. The van der Waals surface area contributed by atoms with Gasteiger partial charge in [0.15, 0.2) is 0 Å². The first-order valence-electron chi connectivity index (χ1n) is 29.4. The Balaban J connectivity index is 0.722. The fraction of sp³-hybridized carbons (Fsp3) is 0. The standard InChI is InChI=1S/C82H52N4/c1-3-19-53(20-4-1)60-47-61(54-21-5-2-6-22-54)49-62(48-60)81-68-27-11-9-25-66(68)79(67-26-10-12-28-69(67)81)57-40-36-56(37-41-57)76-52-86-50-59(42-45-78(86)84-76)63-43-44-74(65-24-8-7-23-64(63)65)82-72-31-15-13-29-70(72)80(71-30-14-16-32-73(71)82)58-38-34-55(35-39-58)75-51-85-46-18-17-33-77(85)83-75/h1-52H. The molecule has 4 nitrogen and oxygen atoms in total. The molecule has 0 aliphatic heterocycles. The minimum absolute atomic E-state index is 0.899. The highest BCUT2D eigenvalue weighted by molar-refractivity contribution is 6.25. The summed E-state index contributed by atoms with van der Waals surface area (Å²) in [5.41, 5.74) is 22.7. The van der Waals surface area contributed by atoms with Crippen LogP contribution in [0.1, 0.15) is 0 Å². The van der Waals surface area contributed by atoms with E-state index in [1.165, 1.54) is 126 Å². The second-order valence-corrected chi connectivity index (χ2v) is 22.5. The topological polar surface area (TPSA) is 34.6 Å². The van der Waals surface area contributed by atoms with Crippen LogP contribution in [0.4, 0.5) is 0 Å². The third-order valence-corrected chi connectivity index (χ3v) is 17.6. The molecular weight excluding hydrogens is 1040 g/mol. The summed E-state index contributed by atoms with van der Waals surface area (Å²) in [6, 6.07) is 106. The molecule has 4 aromatic heterocycles. The Kier molecular flexibility index (Phi) is 11.5. The van der Waals surface area contributed by atoms with E-state index in [9.17, 15) is 0 Å². The van der Waals surface area contributed by atoms with E-state index in [4.69, 9.17) is 9.97 Å². The van der Waals surface area contributed by atoms with Crippen LogP contribution in [0.3, 0.4) is 0 Å². The average Bonchev–Trinajstić information content (AvgIpc) is 1.16. The number of nitrogens with zero attached hydrogens (tertiary/aromatic N) is 4. The van der Waals surface area contributed by atoms with Crippen molar-refractivity contribution in [3.05, 3.63) is 316 Å². The molecule has 17 rings (SSSR count). The molecule has 0 N–H and O–H groups in total. The van der Waals surface area contributed by atoms with E-state index in [-0.39, 0.29) is 0 Å². The Bertz CT molecular complexity index is 5300. The van der Waals surface area contributed by atoms with Gasteiger partial charge in [-0.1, -0.05) is 249 Å². The highest BCUT2D eigenvalue weighted by Gasteiger charge is 2.22. The van der Waals surface area contributed by atoms with Crippen molar-refractivity contribution >= 4 is 65.2 Å². The van der Waals surface area contributed by atoms with Crippen LogP contribution in [0, 0.1) is 0 Å². The van der Waals surface area contributed by atoms with E-state index in [1.807, 2.05) is 24.4 Å². The van der Waals surface area contributed by atoms with Gasteiger partial charge in [0.2, 0.25) is 0 Å². The van der Waals surface area contributed by atoms with Gasteiger partial charge in [0.05, 0.1) is 11.4 Å². The minimum atomic E-state index is 0.899. The van der Waals surface area contributed by atoms with E-state index in [0.29, 0.717) is 0 Å². The summed E-state index contributed by atoms with van der Waals surface area (Å²) < 4.78 is 4.25. The summed E-state index contributed by atoms with van der Waals surface area (Å²) in [7, 11) is 0. The van der Waals surface area contributed by atoms with E-state index >= 15 is 0 Å². The molecule has 0 unspecified atom stereocenters. The van der Waals surface area contributed by atoms with E-state index in [0.717, 1.165) is 39.4 Å². The summed E-state index contributed by atoms with van der Waals surface area (Å²) in [4.78, 5) is 10.1. The number of fused-ring (bicyclic) bond motifs is 7. The molecule has 0 fully saturated rings. The Morgan fingerprint density at radius 1 is 0.198 bits per heavy atom. The fourth-order valence-electron chi connectivity index (χ4n) is 13.6. The monoisotopic (exact) mass is 1090 g/mol. The van der Waals surface area contributed by atoms with Crippen molar-refractivity contribution in [3.8, 4) is 100 Å². The molecule has 17 aromatic rings. The summed E-state index contributed by atoms with van der Waals surface area (Å²) in [5.74, 6) is 0. The van der Waals surface area contributed by atoms with Crippen LogP contribution in [0.5, 0.6) is 0 Å². The lowest BCUT2D eigenvalue weighted by Crippen LogP contribution is -1.93. The molecule has 86 heavy (non-hydrogen) atoms. The quantitative estimate of drug-likeness (QED) is 0.135. The highest BCUT2D eigenvalue weighted by atomic mass is 15.0. The number of benzene rings is 13. The minimum Gasteiger partial charge on any atom is -0.306 e. The van der Waals surface area contributed by atoms with Gasteiger partial charge in [0.1, 0.15) is 11.3 Å². The number of pyridine rings is 2. The maximum atomic E-state index is 5.21. The van der Waals surface area contributed by atoms with Gasteiger partial charge < -0.3 is 8.80 Å². The van der Waals surface area contributed by atoms with Crippen molar-refractivity contribution in [1.29, 1.82) is 0 Å².